The lowest BCUT2D eigenvalue weighted by atomic mass is 9.95. The van der Waals surface area contributed by atoms with Gasteiger partial charge in [-0.3, -0.25) is 4.79 Å². The number of aromatic nitrogens is 2. The van der Waals surface area contributed by atoms with E-state index in [0.717, 1.165) is 12.8 Å². The molecule has 1 aromatic rings. The molecule has 0 aromatic carbocycles. The quantitative estimate of drug-likeness (QED) is 0.873. The van der Waals surface area contributed by atoms with Gasteiger partial charge in [0.25, 0.3) is 5.91 Å². The third-order valence-electron chi connectivity index (χ3n) is 5.09. The molecule has 0 spiro atoms. The van der Waals surface area contributed by atoms with Crippen molar-refractivity contribution in [2.75, 3.05) is 23.9 Å². The van der Waals surface area contributed by atoms with Gasteiger partial charge in [0.15, 0.2) is 9.84 Å². The summed E-state index contributed by atoms with van der Waals surface area (Å²) in [5.74, 6) is 1.14. The third kappa shape index (κ3) is 4.48. The van der Waals surface area contributed by atoms with E-state index in [1.165, 1.54) is 24.2 Å². The first-order valence-corrected chi connectivity index (χ1v) is 10.8. The molecule has 1 amide bonds. The van der Waals surface area contributed by atoms with Crippen molar-refractivity contribution < 1.29 is 13.2 Å². The van der Waals surface area contributed by atoms with Crippen LogP contribution in [0.25, 0.3) is 0 Å². The van der Waals surface area contributed by atoms with Crippen LogP contribution in [0.15, 0.2) is 6.07 Å². The minimum absolute atomic E-state index is 0.0342. The highest BCUT2D eigenvalue weighted by Crippen LogP contribution is 2.22. The van der Waals surface area contributed by atoms with Crippen LogP contribution in [0.4, 0.5) is 5.82 Å². The van der Waals surface area contributed by atoms with Crippen LogP contribution in [-0.2, 0) is 9.84 Å². The zero-order valence-electron chi connectivity index (χ0n) is 14.9. The summed E-state index contributed by atoms with van der Waals surface area (Å²) in [7, 11) is -1.38. The number of nitrogens with one attached hydrogen (secondary N) is 1. The van der Waals surface area contributed by atoms with Gasteiger partial charge >= 0.3 is 0 Å². The molecule has 2 fully saturated rings. The van der Waals surface area contributed by atoms with Crippen molar-refractivity contribution in [1.29, 1.82) is 0 Å². The Morgan fingerprint density at radius 2 is 1.92 bits per heavy atom. The molecule has 7 nitrogen and oxygen atoms in total. The summed E-state index contributed by atoms with van der Waals surface area (Å²) in [4.78, 5) is 22.9. The Bertz CT molecular complexity index is 744. The summed E-state index contributed by atoms with van der Waals surface area (Å²) in [6, 6.07) is 1.80. The minimum atomic E-state index is -3.03. The topological polar surface area (TPSA) is 92.3 Å². The second kappa shape index (κ2) is 7.27. The van der Waals surface area contributed by atoms with Crippen molar-refractivity contribution in [2.24, 2.45) is 0 Å². The maximum absolute atomic E-state index is 12.8. The number of hydrogen-bond donors (Lipinski definition) is 1. The molecule has 138 valence electrons. The summed E-state index contributed by atoms with van der Waals surface area (Å²) in [6.45, 7) is 1.77. The largest absolute Gasteiger partial charge is 0.367 e. The van der Waals surface area contributed by atoms with Gasteiger partial charge in [0.1, 0.15) is 17.3 Å². The zero-order chi connectivity index (χ0) is 18.0. The van der Waals surface area contributed by atoms with E-state index in [1.807, 2.05) is 0 Å². The maximum atomic E-state index is 12.8. The normalized spacial score (nSPS) is 23.4. The Morgan fingerprint density at radius 3 is 2.56 bits per heavy atom. The SMILES string of the molecule is Cc1nc(NC2CCCCC2)cc(C(=O)N(C)C2CCS(=O)(=O)C2)n1. The molecule has 1 unspecified atom stereocenters. The minimum Gasteiger partial charge on any atom is -0.367 e. The number of sulfone groups is 1. The van der Waals surface area contributed by atoms with E-state index in [2.05, 4.69) is 15.3 Å². The molecule has 3 rings (SSSR count). The summed E-state index contributed by atoms with van der Waals surface area (Å²) >= 11 is 0. The van der Waals surface area contributed by atoms with Crippen LogP contribution in [0.1, 0.15) is 54.8 Å². The van der Waals surface area contributed by atoms with Gasteiger partial charge in [0.05, 0.1) is 11.5 Å². The maximum Gasteiger partial charge on any atom is 0.272 e. The van der Waals surface area contributed by atoms with E-state index < -0.39 is 9.84 Å². The molecule has 0 radical (unpaired) electrons. The molecule has 1 saturated heterocycles. The average Bonchev–Trinajstić information content (AvgIpc) is 2.94. The van der Waals surface area contributed by atoms with Gasteiger partial charge in [-0.15, -0.1) is 0 Å². The van der Waals surface area contributed by atoms with E-state index in [9.17, 15) is 13.2 Å². The van der Waals surface area contributed by atoms with E-state index in [-0.39, 0.29) is 23.5 Å². The molecule has 8 heteroatoms. The number of rotatable bonds is 4. The van der Waals surface area contributed by atoms with E-state index in [1.54, 1.807) is 20.0 Å². The Kier molecular flexibility index (Phi) is 5.27. The molecule has 1 saturated carbocycles. The average molecular weight is 366 g/mol. The molecule has 1 aliphatic heterocycles. The second-order valence-corrected chi connectivity index (χ2v) is 9.37. The van der Waals surface area contributed by atoms with E-state index in [0.29, 0.717) is 29.8 Å². The number of hydrogen-bond acceptors (Lipinski definition) is 6. The fourth-order valence-corrected chi connectivity index (χ4v) is 5.41. The Balaban J connectivity index is 1.73. The number of carbonyl (C=O) groups excluding carboxylic acids is 1. The fraction of sp³-hybridized carbons (Fsp3) is 0.706. The van der Waals surface area contributed by atoms with E-state index in [4.69, 9.17) is 0 Å². The summed E-state index contributed by atoms with van der Waals surface area (Å²) in [6.07, 6.45) is 6.43. The molecule has 1 atom stereocenters. The van der Waals surface area contributed by atoms with Crippen LogP contribution in [0.5, 0.6) is 0 Å². The fourth-order valence-electron chi connectivity index (χ4n) is 3.63. The standard InChI is InChI=1S/C17H26N4O3S/c1-12-18-15(10-16(19-12)20-13-6-4-3-5-7-13)17(22)21(2)14-8-9-25(23,24)11-14/h10,13-14H,3-9,11H2,1-2H3,(H,18,19,20). The van der Waals surface area contributed by atoms with Crippen molar-refractivity contribution in [3.63, 3.8) is 0 Å². The van der Waals surface area contributed by atoms with Gasteiger partial charge in [-0.2, -0.15) is 0 Å². The van der Waals surface area contributed by atoms with Crippen molar-refractivity contribution in [3.8, 4) is 0 Å². The molecule has 1 aromatic heterocycles. The van der Waals surface area contributed by atoms with Crippen LogP contribution < -0.4 is 5.32 Å². The molecule has 25 heavy (non-hydrogen) atoms. The molecule has 1 aliphatic carbocycles. The zero-order valence-corrected chi connectivity index (χ0v) is 15.7. The lowest BCUT2D eigenvalue weighted by molar-refractivity contribution is 0.0741. The first-order chi connectivity index (χ1) is 11.8. The van der Waals surface area contributed by atoms with Gasteiger partial charge in [0.2, 0.25) is 0 Å². The first kappa shape index (κ1) is 18.1. The first-order valence-electron chi connectivity index (χ1n) is 8.94. The van der Waals surface area contributed by atoms with Gasteiger partial charge in [0, 0.05) is 25.2 Å². The van der Waals surface area contributed by atoms with Crippen LogP contribution in [-0.4, -0.2) is 59.8 Å². The lowest BCUT2D eigenvalue weighted by Gasteiger charge is -2.25. The summed E-state index contributed by atoms with van der Waals surface area (Å²) < 4.78 is 23.3. The number of aryl methyl sites for hydroxylation is 1. The highest BCUT2D eigenvalue weighted by atomic mass is 32.2. The van der Waals surface area contributed by atoms with Crippen LogP contribution >= 0.6 is 0 Å². The van der Waals surface area contributed by atoms with Crippen molar-refractivity contribution in [3.05, 3.63) is 17.6 Å². The smallest absolute Gasteiger partial charge is 0.272 e. The van der Waals surface area contributed by atoms with Crippen molar-refractivity contribution >= 4 is 21.6 Å². The monoisotopic (exact) mass is 366 g/mol. The Morgan fingerprint density at radius 1 is 1.20 bits per heavy atom. The Hall–Kier alpha value is -1.70. The Labute approximate surface area is 149 Å². The molecule has 2 aliphatic rings. The second-order valence-electron chi connectivity index (χ2n) is 7.14. The van der Waals surface area contributed by atoms with Crippen molar-refractivity contribution in [1.82, 2.24) is 14.9 Å². The molecular weight excluding hydrogens is 340 g/mol. The van der Waals surface area contributed by atoms with E-state index >= 15 is 0 Å². The van der Waals surface area contributed by atoms with Crippen LogP contribution in [0, 0.1) is 6.92 Å². The third-order valence-corrected chi connectivity index (χ3v) is 6.84. The van der Waals surface area contributed by atoms with Gasteiger partial charge in [-0.1, -0.05) is 19.3 Å². The predicted octanol–water partition coefficient (Wildman–Crippen LogP) is 1.79. The number of carbonyl (C=O) groups is 1. The van der Waals surface area contributed by atoms with Gasteiger partial charge < -0.3 is 10.2 Å². The van der Waals surface area contributed by atoms with Gasteiger partial charge in [-0.25, -0.2) is 18.4 Å². The van der Waals surface area contributed by atoms with Crippen LogP contribution in [0.2, 0.25) is 0 Å². The van der Waals surface area contributed by atoms with Crippen LogP contribution in [0.3, 0.4) is 0 Å². The highest BCUT2D eigenvalue weighted by molar-refractivity contribution is 7.91. The highest BCUT2D eigenvalue weighted by Gasteiger charge is 2.33. The van der Waals surface area contributed by atoms with Crippen molar-refractivity contribution in [2.45, 2.75) is 57.5 Å². The molecule has 1 N–H and O–H groups in total. The predicted molar refractivity (Wildman–Crippen MR) is 96.4 cm³/mol. The number of nitrogens with zero attached hydrogens (tertiary/aromatic N) is 3. The molecular formula is C17H26N4O3S. The number of anilines is 1. The van der Waals surface area contributed by atoms with Gasteiger partial charge in [-0.05, 0) is 26.2 Å². The molecule has 2 heterocycles. The summed E-state index contributed by atoms with van der Waals surface area (Å²) in [5, 5.41) is 3.42. The summed E-state index contributed by atoms with van der Waals surface area (Å²) in [5.41, 5.74) is 0.317. The number of amides is 1. The lowest BCUT2D eigenvalue weighted by Crippen LogP contribution is -2.38. The molecule has 0 bridgehead atoms.